The van der Waals surface area contributed by atoms with Gasteiger partial charge in [-0.2, -0.15) is 0 Å². The molecule has 0 aromatic heterocycles. The molecule has 1 rings (SSSR count). The first-order valence-electron chi connectivity index (χ1n) is 3.68. The number of halogens is 1. The van der Waals surface area contributed by atoms with Crippen LogP contribution in [0.25, 0.3) is 0 Å². The molecule has 0 aliphatic carbocycles. The first-order chi connectivity index (χ1) is 6.56. The van der Waals surface area contributed by atoms with Crippen molar-refractivity contribution in [2.45, 2.75) is 6.54 Å². The minimum Gasteiger partial charge on any atom is -0.504 e. The highest BCUT2D eigenvalue weighted by Gasteiger charge is 2.15. The van der Waals surface area contributed by atoms with E-state index in [1.807, 2.05) is 0 Å². The van der Waals surface area contributed by atoms with E-state index in [2.05, 4.69) is 0 Å². The maximum atomic E-state index is 12.9. The Labute approximate surface area is 78.4 Å². The summed E-state index contributed by atoms with van der Waals surface area (Å²) in [7, 11) is 0. The Hall–Kier alpha value is -1.66. The van der Waals surface area contributed by atoms with Crippen molar-refractivity contribution in [1.82, 2.24) is 5.48 Å². The molecule has 1 aromatic rings. The number of rotatable bonds is 3. The Bertz CT molecular complexity index is 367. The number of hydrogen-bond acceptors (Lipinski definition) is 4. The summed E-state index contributed by atoms with van der Waals surface area (Å²) < 4.78 is 12.9. The number of carboxylic acid groups (broad SMARTS) is 1. The second-order valence-electron chi connectivity index (χ2n) is 2.61. The van der Waals surface area contributed by atoms with Gasteiger partial charge in [0.2, 0.25) is 0 Å². The highest BCUT2D eigenvalue weighted by Crippen LogP contribution is 2.23. The standard InChI is InChI=1S/C8H8FNO4/c9-6-2-4(3-10-14)1-5(7(6)11)8(12)13/h1-2,10-11,14H,3H2,(H,12,13). The van der Waals surface area contributed by atoms with Crippen molar-refractivity contribution >= 4 is 5.97 Å². The van der Waals surface area contributed by atoms with Crippen molar-refractivity contribution in [1.29, 1.82) is 0 Å². The topological polar surface area (TPSA) is 89.8 Å². The van der Waals surface area contributed by atoms with E-state index < -0.39 is 23.1 Å². The molecule has 0 radical (unpaired) electrons. The van der Waals surface area contributed by atoms with E-state index >= 15 is 0 Å². The van der Waals surface area contributed by atoms with Crippen LogP contribution in [-0.2, 0) is 6.54 Å². The average molecular weight is 201 g/mol. The third-order valence-corrected chi connectivity index (χ3v) is 1.64. The van der Waals surface area contributed by atoms with Crippen LogP contribution in [0, 0.1) is 5.82 Å². The Kier molecular flexibility index (Phi) is 3.00. The molecule has 0 bridgehead atoms. The van der Waals surface area contributed by atoms with Gasteiger partial charge in [-0.1, -0.05) is 0 Å². The van der Waals surface area contributed by atoms with Gasteiger partial charge in [0.15, 0.2) is 11.6 Å². The minimum absolute atomic E-state index is 0.0997. The van der Waals surface area contributed by atoms with Gasteiger partial charge < -0.3 is 15.4 Å². The Balaban J connectivity index is 3.21. The fraction of sp³-hybridized carbons (Fsp3) is 0.125. The molecule has 0 saturated heterocycles. The van der Waals surface area contributed by atoms with E-state index in [0.717, 1.165) is 12.1 Å². The zero-order chi connectivity index (χ0) is 10.7. The molecule has 0 amide bonds. The first-order valence-corrected chi connectivity index (χ1v) is 3.68. The number of carboxylic acids is 1. The van der Waals surface area contributed by atoms with Crippen LogP contribution in [-0.4, -0.2) is 21.4 Å². The maximum Gasteiger partial charge on any atom is 0.339 e. The molecule has 0 aliphatic heterocycles. The van der Waals surface area contributed by atoms with Gasteiger partial charge in [-0.25, -0.2) is 14.7 Å². The predicted octanol–water partition coefficient (Wildman–Crippen LogP) is 0.708. The predicted molar refractivity (Wildman–Crippen MR) is 43.7 cm³/mol. The number of carbonyl (C=O) groups is 1. The second-order valence-corrected chi connectivity index (χ2v) is 2.61. The van der Waals surface area contributed by atoms with Gasteiger partial charge in [0.1, 0.15) is 5.56 Å². The van der Waals surface area contributed by atoms with Crippen LogP contribution in [0.5, 0.6) is 5.75 Å². The van der Waals surface area contributed by atoms with Gasteiger partial charge in [-0.15, -0.1) is 0 Å². The Morgan fingerprint density at radius 2 is 2.14 bits per heavy atom. The Morgan fingerprint density at radius 3 is 2.64 bits per heavy atom. The third kappa shape index (κ3) is 1.98. The van der Waals surface area contributed by atoms with E-state index in [-0.39, 0.29) is 12.1 Å². The van der Waals surface area contributed by atoms with E-state index in [1.54, 1.807) is 5.48 Å². The lowest BCUT2D eigenvalue weighted by atomic mass is 10.1. The highest BCUT2D eigenvalue weighted by molar-refractivity contribution is 5.91. The Morgan fingerprint density at radius 1 is 1.50 bits per heavy atom. The highest BCUT2D eigenvalue weighted by atomic mass is 19.1. The number of aromatic carboxylic acids is 1. The maximum absolute atomic E-state index is 12.9. The van der Waals surface area contributed by atoms with Crippen molar-refractivity contribution in [3.63, 3.8) is 0 Å². The lowest BCUT2D eigenvalue weighted by Gasteiger charge is -2.04. The first kappa shape index (κ1) is 10.4. The molecule has 1 aromatic carbocycles. The number of phenols is 1. The van der Waals surface area contributed by atoms with E-state index in [9.17, 15) is 9.18 Å². The normalized spacial score (nSPS) is 10.1. The smallest absolute Gasteiger partial charge is 0.339 e. The summed E-state index contributed by atoms with van der Waals surface area (Å²) in [5, 5.41) is 25.9. The van der Waals surface area contributed by atoms with Gasteiger partial charge in [0, 0.05) is 6.54 Å². The van der Waals surface area contributed by atoms with Gasteiger partial charge >= 0.3 is 5.97 Å². The fourth-order valence-corrected chi connectivity index (χ4v) is 1.01. The van der Waals surface area contributed by atoms with Crippen LogP contribution in [0.3, 0.4) is 0 Å². The fourth-order valence-electron chi connectivity index (χ4n) is 1.01. The van der Waals surface area contributed by atoms with E-state index in [0.29, 0.717) is 0 Å². The summed E-state index contributed by atoms with van der Waals surface area (Å²) in [6.45, 7) is -0.0997. The molecule has 0 saturated carbocycles. The van der Waals surface area contributed by atoms with Gasteiger partial charge in [-0.3, -0.25) is 0 Å². The van der Waals surface area contributed by atoms with Gasteiger partial charge in [-0.05, 0) is 17.7 Å². The number of hydrogen-bond donors (Lipinski definition) is 4. The number of nitrogens with one attached hydrogen (secondary N) is 1. The summed E-state index contributed by atoms with van der Waals surface area (Å²) in [4.78, 5) is 10.5. The molecule has 0 unspecified atom stereocenters. The molecule has 14 heavy (non-hydrogen) atoms. The zero-order valence-corrected chi connectivity index (χ0v) is 6.99. The van der Waals surface area contributed by atoms with Crippen LogP contribution in [0.15, 0.2) is 12.1 Å². The summed E-state index contributed by atoms with van der Waals surface area (Å²) in [5.74, 6) is -3.37. The van der Waals surface area contributed by atoms with Crippen LogP contribution < -0.4 is 5.48 Å². The SMILES string of the molecule is O=C(O)c1cc(CNO)cc(F)c1O. The second kappa shape index (κ2) is 4.03. The van der Waals surface area contributed by atoms with E-state index in [4.69, 9.17) is 15.4 Å². The van der Waals surface area contributed by atoms with Crippen LogP contribution >= 0.6 is 0 Å². The van der Waals surface area contributed by atoms with Crippen LogP contribution in [0.2, 0.25) is 0 Å². The van der Waals surface area contributed by atoms with Crippen molar-refractivity contribution in [3.05, 3.63) is 29.1 Å². The summed E-state index contributed by atoms with van der Waals surface area (Å²) in [6, 6.07) is 2.01. The average Bonchev–Trinajstić information content (AvgIpc) is 2.11. The molecule has 0 heterocycles. The quantitative estimate of drug-likeness (QED) is 0.541. The molecular formula is C8H8FNO4. The molecule has 5 nitrogen and oxygen atoms in total. The lowest BCUT2D eigenvalue weighted by molar-refractivity contribution is 0.0692. The summed E-state index contributed by atoms with van der Waals surface area (Å²) in [5.41, 5.74) is 1.45. The van der Waals surface area contributed by atoms with Gasteiger partial charge in [0.05, 0.1) is 0 Å². The summed E-state index contributed by atoms with van der Waals surface area (Å²) in [6.07, 6.45) is 0. The largest absolute Gasteiger partial charge is 0.504 e. The molecule has 4 N–H and O–H groups in total. The van der Waals surface area contributed by atoms with Gasteiger partial charge in [0.25, 0.3) is 0 Å². The molecule has 0 atom stereocenters. The number of benzene rings is 1. The monoisotopic (exact) mass is 201 g/mol. The molecule has 76 valence electrons. The van der Waals surface area contributed by atoms with Crippen molar-refractivity contribution in [2.75, 3.05) is 0 Å². The van der Waals surface area contributed by atoms with E-state index in [1.165, 1.54) is 0 Å². The molecule has 0 aliphatic rings. The lowest BCUT2D eigenvalue weighted by Crippen LogP contribution is -2.08. The number of aromatic hydroxyl groups is 1. The molecule has 0 fully saturated rings. The summed E-state index contributed by atoms with van der Waals surface area (Å²) >= 11 is 0. The molecule has 0 spiro atoms. The van der Waals surface area contributed by atoms with Crippen LogP contribution in [0.1, 0.15) is 15.9 Å². The third-order valence-electron chi connectivity index (χ3n) is 1.64. The minimum atomic E-state index is -1.43. The van der Waals surface area contributed by atoms with Crippen molar-refractivity contribution < 1.29 is 24.6 Å². The number of hydroxylamine groups is 1. The van der Waals surface area contributed by atoms with Crippen molar-refractivity contribution in [3.8, 4) is 5.75 Å². The molecular weight excluding hydrogens is 193 g/mol. The zero-order valence-electron chi connectivity index (χ0n) is 6.99. The van der Waals surface area contributed by atoms with Crippen molar-refractivity contribution in [2.24, 2.45) is 0 Å². The van der Waals surface area contributed by atoms with Crippen LogP contribution in [0.4, 0.5) is 4.39 Å². The molecule has 6 heteroatoms.